The van der Waals surface area contributed by atoms with Crippen LogP contribution in [0.5, 0.6) is 0 Å². The monoisotopic (exact) mass is 574 g/mol. The van der Waals surface area contributed by atoms with E-state index in [9.17, 15) is 38.6 Å². The van der Waals surface area contributed by atoms with Gasteiger partial charge >= 0.3 is 75.4 Å². The van der Waals surface area contributed by atoms with Crippen molar-refractivity contribution in [1.82, 2.24) is 19.5 Å². The van der Waals surface area contributed by atoms with Crippen LogP contribution in [0.2, 0.25) is 0 Å². The van der Waals surface area contributed by atoms with E-state index in [1.165, 1.54) is 17.2 Å². The van der Waals surface area contributed by atoms with Gasteiger partial charge in [-0.15, -0.1) is 0 Å². The molecule has 4 unspecified atom stereocenters. The molecular weight excluding hydrogens is 555 g/mol. The largest absolute Gasteiger partial charge is 1.00 e. The molecule has 0 amide bonds. The maximum absolute atomic E-state index is 11.7. The molecule has 4 N–H and O–H groups in total. The van der Waals surface area contributed by atoms with Gasteiger partial charge in [0.25, 0.3) is 23.5 Å². The maximum atomic E-state index is 11.7. The third-order valence-electron chi connectivity index (χ3n) is 4.20. The number of aliphatic hydroxyl groups excluding tert-OH is 2. The predicted molar refractivity (Wildman–Crippen MR) is 103 cm³/mol. The summed E-state index contributed by atoms with van der Waals surface area (Å²) in [7, 11) is -17.7. The van der Waals surface area contributed by atoms with Crippen molar-refractivity contribution >= 4 is 40.4 Å². The molecule has 1 saturated heterocycles. The Hall–Kier alpha value is 1.03. The van der Waals surface area contributed by atoms with E-state index >= 15 is 0 Å². The van der Waals surface area contributed by atoms with Crippen LogP contribution in [0.4, 0.5) is 5.82 Å². The standard InChI is InChI=1S/C13H22N5O13P3.4Li/c1-6(2)17-11-8-12(15-4-14-11)18(5-16-8)13-10(20)9(19)7(29-13)3-28-33(24,25)31-34(26,27)30-32(21,22)23;;;;/h4-7,9-10,13,19-20H,3H2,1-2H3,(H,24,25)(H,26,27)(H,14,15,17)(H2,21,22,23);;;;/q;4*+1/p-3/t7-,9+,10?,13-;;;;/m1..../s1. The Balaban J connectivity index is 0. The van der Waals surface area contributed by atoms with Crippen LogP contribution in [-0.2, 0) is 31.6 Å². The number of hydrogen-bond acceptors (Lipinski definition) is 16. The van der Waals surface area contributed by atoms with Crippen LogP contribution in [-0.4, -0.2) is 65.6 Å². The van der Waals surface area contributed by atoms with Crippen LogP contribution in [0.1, 0.15) is 20.1 Å². The van der Waals surface area contributed by atoms with Crippen LogP contribution >= 0.6 is 23.5 Å². The molecule has 0 aromatic carbocycles. The predicted octanol–water partition coefficient (Wildman–Crippen LogP) is -14.3. The van der Waals surface area contributed by atoms with E-state index in [1.807, 2.05) is 13.8 Å². The fourth-order valence-electron chi connectivity index (χ4n) is 2.97. The number of ether oxygens (including phenoxy) is 1. The first-order valence-corrected chi connectivity index (χ1v) is 13.7. The molecule has 0 bridgehead atoms. The molecule has 2 aromatic rings. The second-order valence-corrected chi connectivity index (χ2v) is 11.5. The van der Waals surface area contributed by atoms with Gasteiger partial charge in [0, 0.05) is 6.04 Å². The number of nitrogens with one attached hydrogen (secondary N) is 1. The van der Waals surface area contributed by atoms with E-state index in [0.717, 1.165) is 0 Å². The smallest absolute Gasteiger partial charge is 0.756 e. The van der Waals surface area contributed by atoms with E-state index in [1.54, 1.807) is 0 Å². The zero-order valence-electron chi connectivity index (χ0n) is 21.3. The van der Waals surface area contributed by atoms with Gasteiger partial charge in [-0.25, -0.2) is 23.6 Å². The average Bonchev–Trinajstić information content (AvgIpc) is 3.19. The quantitative estimate of drug-likeness (QED) is 0.151. The molecule has 7 atom stereocenters. The van der Waals surface area contributed by atoms with Crippen molar-refractivity contribution in [3.8, 4) is 0 Å². The molecule has 0 spiro atoms. The van der Waals surface area contributed by atoms with Gasteiger partial charge in [-0.1, -0.05) is 0 Å². The number of fused-ring (bicyclic) bond motifs is 1. The Morgan fingerprint density at radius 3 is 2.18 bits per heavy atom. The van der Waals surface area contributed by atoms with Crippen molar-refractivity contribution < 1.29 is 137 Å². The molecule has 3 heterocycles. The third-order valence-corrected chi connectivity index (χ3v) is 7.89. The van der Waals surface area contributed by atoms with Crippen LogP contribution < -0.4 is 95.4 Å². The van der Waals surface area contributed by atoms with Gasteiger partial charge in [-0.3, -0.25) is 18.3 Å². The van der Waals surface area contributed by atoms with E-state index in [2.05, 4.69) is 33.4 Å². The minimum Gasteiger partial charge on any atom is -0.756 e. The Kier molecular flexibility index (Phi) is 17.4. The third kappa shape index (κ3) is 11.0. The molecule has 3 rings (SSSR count). The molecule has 38 heavy (non-hydrogen) atoms. The van der Waals surface area contributed by atoms with Gasteiger partial charge in [-0.2, -0.15) is 0 Å². The minimum absolute atomic E-state index is 0. The summed E-state index contributed by atoms with van der Waals surface area (Å²) in [5, 5.41) is 23.7. The number of nitrogens with zero attached hydrogens (tertiary/aromatic N) is 4. The summed E-state index contributed by atoms with van der Waals surface area (Å²) in [5.74, 6) is 0.394. The molecule has 1 aliphatic heterocycles. The first kappa shape index (κ1) is 41.2. The van der Waals surface area contributed by atoms with Crippen LogP contribution in [0.15, 0.2) is 12.7 Å². The van der Waals surface area contributed by atoms with E-state index in [-0.39, 0.29) is 87.1 Å². The Bertz CT molecular complexity index is 1190. The Labute approximate surface area is 264 Å². The number of aromatic nitrogens is 4. The van der Waals surface area contributed by atoms with Crippen molar-refractivity contribution in [1.29, 1.82) is 0 Å². The maximum Gasteiger partial charge on any atom is 1.00 e. The first-order chi connectivity index (χ1) is 15.6. The fourth-order valence-corrected chi connectivity index (χ4v) is 5.86. The molecule has 18 nitrogen and oxygen atoms in total. The topological polar surface area (TPSA) is 274 Å². The van der Waals surface area contributed by atoms with Crippen molar-refractivity contribution in [2.24, 2.45) is 0 Å². The zero-order chi connectivity index (χ0) is 25.5. The van der Waals surface area contributed by atoms with Crippen molar-refractivity contribution in [3.63, 3.8) is 0 Å². The number of imidazole rings is 1. The first-order valence-electron chi connectivity index (χ1n) is 9.27. The molecule has 0 radical (unpaired) electrons. The number of phosphoric acid groups is 3. The Morgan fingerprint density at radius 2 is 1.63 bits per heavy atom. The van der Waals surface area contributed by atoms with E-state index in [0.29, 0.717) is 11.3 Å². The van der Waals surface area contributed by atoms with Gasteiger partial charge < -0.3 is 44.4 Å². The molecule has 1 fully saturated rings. The van der Waals surface area contributed by atoms with E-state index in [4.69, 9.17) is 9.63 Å². The molecule has 192 valence electrons. The minimum atomic E-state index is -6.08. The molecule has 2 aromatic heterocycles. The van der Waals surface area contributed by atoms with Gasteiger partial charge in [-0.05, 0) is 13.8 Å². The number of aliphatic hydroxyl groups is 2. The van der Waals surface area contributed by atoms with Gasteiger partial charge in [0.1, 0.15) is 24.6 Å². The fraction of sp³-hybridized carbons (Fsp3) is 0.615. The number of phosphoric ester groups is 1. The number of anilines is 1. The zero-order valence-corrected chi connectivity index (χ0v) is 24.0. The number of hydrogen-bond donors (Lipinski definition) is 4. The molecular formula is C13H19Li4N5O13P3+. The molecule has 25 heteroatoms. The summed E-state index contributed by atoms with van der Waals surface area (Å²) < 4.78 is 51.1. The summed E-state index contributed by atoms with van der Waals surface area (Å²) in [4.78, 5) is 54.1. The van der Waals surface area contributed by atoms with Gasteiger partial charge in [0.15, 0.2) is 23.2 Å². The summed E-state index contributed by atoms with van der Waals surface area (Å²) in [5.41, 5.74) is 0.536. The number of rotatable bonds is 10. The summed E-state index contributed by atoms with van der Waals surface area (Å²) in [6, 6.07) is 0.0118. The SMILES string of the molecule is CC(C)Nc1ncnc2c1ncn2[C@@H]1O[C@H](COP(=O)([O-])OP(=O)([O-])OP(=O)([O-])O)[C@H](O)C1O.[Li+].[Li+].[Li+].[Li+]. The summed E-state index contributed by atoms with van der Waals surface area (Å²) in [6.45, 7) is 2.69. The molecule has 0 aliphatic carbocycles. The Morgan fingerprint density at radius 1 is 1.03 bits per heavy atom. The molecule has 0 saturated carbocycles. The second kappa shape index (κ2) is 16.0. The normalized spacial score (nSPS) is 25.5. The summed E-state index contributed by atoms with van der Waals surface area (Å²) >= 11 is 0. The molecule has 1 aliphatic rings. The van der Waals surface area contributed by atoms with Crippen LogP contribution in [0.25, 0.3) is 11.2 Å². The van der Waals surface area contributed by atoms with Crippen molar-refractivity contribution in [3.05, 3.63) is 12.7 Å². The van der Waals surface area contributed by atoms with Gasteiger partial charge in [0.2, 0.25) is 0 Å². The average molecular weight is 574 g/mol. The van der Waals surface area contributed by atoms with Crippen LogP contribution in [0.3, 0.4) is 0 Å². The summed E-state index contributed by atoms with van der Waals surface area (Å²) in [6.07, 6.45) is -3.69. The van der Waals surface area contributed by atoms with Crippen molar-refractivity contribution in [2.45, 2.75) is 44.4 Å². The second-order valence-electron chi connectivity index (χ2n) is 7.21. The van der Waals surface area contributed by atoms with Crippen molar-refractivity contribution in [2.75, 3.05) is 11.9 Å². The van der Waals surface area contributed by atoms with Crippen LogP contribution in [0, 0.1) is 0 Å². The van der Waals surface area contributed by atoms with E-state index < -0.39 is 54.6 Å². The van der Waals surface area contributed by atoms with Gasteiger partial charge in [0.05, 0.1) is 12.9 Å².